The minimum absolute atomic E-state index is 0.101. The van der Waals surface area contributed by atoms with Gasteiger partial charge in [-0.2, -0.15) is 0 Å². The molecule has 8 nitrogen and oxygen atoms in total. The average molecular weight is 538 g/mol. The summed E-state index contributed by atoms with van der Waals surface area (Å²) in [4.78, 5) is 12.3. The number of fused-ring (bicyclic) bond motifs is 1. The maximum absolute atomic E-state index is 15.7. The van der Waals surface area contributed by atoms with Crippen molar-refractivity contribution in [3.63, 3.8) is 0 Å². The number of aliphatic carboxylic acids is 1. The fraction of sp³-hybridized carbons (Fsp3) is 0.367. The van der Waals surface area contributed by atoms with Crippen molar-refractivity contribution < 1.29 is 38.0 Å². The van der Waals surface area contributed by atoms with E-state index in [1.165, 1.54) is 14.2 Å². The maximum atomic E-state index is 15.7. The predicted molar refractivity (Wildman–Crippen MR) is 143 cm³/mol. The summed E-state index contributed by atoms with van der Waals surface area (Å²) in [6.45, 7) is 2.94. The van der Waals surface area contributed by atoms with Crippen molar-refractivity contribution in [3.05, 3.63) is 71.0 Å². The highest BCUT2D eigenvalue weighted by Crippen LogP contribution is 2.41. The number of methoxy groups -OCH3 is 2. The molecule has 9 heteroatoms. The zero-order valence-corrected chi connectivity index (χ0v) is 22.2. The molecule has 0 aliphatic carbocycles. The number of rotatable bonds is 9. The maximum Gasteiger partial charge on any atom is 0.329 e. The van der Waals surface area contributed by atoms with Crippen molar-refractivity contribution in [2.45, 2.75) is 38.0 Å². The van der Waals surface area contributed by atoms with Crippen LogP contribution >= 0.6 is 0 Å². The molecule has 0 radical (unpaired) electrons. The molecule has 1 saturated heterocycles. The van der Waals surface area contributed by atoms with Crippen LogP contribution in [0.25, 0.3) is 11.1 Å². The Morgan fingerprint density at radius 3 is 2.59 bits per heavy atom. The van der Waals surface area contributed by atoms with Crippen LogP contribution in [0.1, 0.15) is 35.6 Å². The Hall–Kier alpha value is -3.82. The van der Waals surface area contributed by atoms with Crippen molar-refractivity contribution in [1.82, 2.24) is 0 Å². The highest BCUT2D eigenvalue weighted by atomic mass is 19.1. The Kier molecular flexibility index (Phi) is 7.63. The van der Waals surface area contributed by atoms with Gasteiger partial charge in [0, 0.05) is 48.4 Å². The molecule has 1 fully saturated rings. The molecule has 39 heavy (non-hydrogen) atoms. The summed E-state index contributed by atoms with van der Waals surface area (Å²) in [5.74, 6) is -0.0867. The summed E-state index contributed by atoms with van der Waals surface area (Å²) in [5, 5.41) is 13.3. The number of hydrogen-bond donors (Lipinski definition) is 2. The Labute approximate surface area is 226 Å². The first-order chi connectivity index (χ1) is 18.9. The molecule has 0 bridgehead atoms. The molecule has 0 spiro atoms. The molecule has 5 rings (SSSR count). The fourth-order valence-corrected chi connectivity index (χ4v) is 5.26. The lowest BCUT2D eigenvalue weighted by Crippen LogP contribution is -2.50. The lowest BCUT2D eigenvalue weighted by Gasteiger charge is -2.35. The molecule has 3 aromatic rings. The number of halogens is 1. The summed E-state index contributed by atoms with van der Waals surface area (Å²) in [6.07, 6.45) is 0.360. The van der Waals surface area contributed by atoms with E-state index in [2.05, 4.69) is 5.32 Å². The monoisotopic (exact) mass is 537 g/mol. The van der Waals surface area contributed by atoms with Crippen LogP contribution in [0.3, 0.4) is 0 Å². The van der Waals surface area contributed by atoms with Gasteiger partial charge in [-0.15, -0.1) is 0 Å². The zero-order chi connectivity index (χ0) is 27.6. The molecule has 0 amide bonds. The van der Waals surface area contributed by atoms with Gasteiger partial charge in [0.15, 0.2) is 11.6 Å². The molecule has 2 aliphatic heterocycles. The van der Waals surface area contributed by atoms with E-state index in [1.807, 2.05) is 30.3 Å². The normalized spacial score (nSPS) is 17.7. The van der Waals surface area contributed by atoms with Gasteiger partial charge in [-0.25, -0.2) is 9.18 Å². The average Bonchev–Trinajstić information content (AvgIpc) is 3.36. The van der Waals surface area contributed by atoms with Gasteiger partial charge >= 0.3 is 5.97 Å². The Morgan fingerprint density at radius 1 is 1.10 bits per heavy atom. The van der Waals surface area contributed by atoms with Crippen molar-refractivity contribution >= 4 is 11.7 Å². The molecule has 1 atom stereocenters. The van der Waals surface area contributed by atoms with Gasteiger partial charge in [-0.3, -0.25) is 0 Å². The second kappa shape index (κ2) is 11.1. The summed E-state index contributed by atoms with van der Waals surface area (Å²) in [6, 6.07) is 14.7. The SMILES string of the molecule is COc1cc(-c2ccc(NC3(C(=O)O)CCOCC3)cc2COC2COc3ccccc32)c(F)c(OC)c1C. The molecule has 0 aromatic heterocycles. The number of carboxylic acid groups (broad SMARTS) is 1. The third-order valence-electron chi connectivity index (χ3n) is 7.48. The van der Waals surface area contributed by atoms with E-state index in [1.54, 1.807) is 25.1 Å². The Balaban J connectivity index is 1.54. The molecule has 0 saturated carbocycles. The largest absolute Gasteiger partial charge is 0.496 e. The van der Waals surface area contributed by atoms with Crippen LogP contribution in [-0.4, -0.2) is 50.7 Å². The number of anilines is 1. The summed E-state index contributed by atoms with van der Waals surface area (Å²) < 4.78 is 44.1. The highest BCUT2D eigenvalue weighted by Gasteiger charge is 2.40. The van der Waals surface area contributed by atoms with Crippen LogP contribution < -0.4 is 19.5 Å². The summed E-state index contributed by atoms with van der Waals surface area (Å²) in [7, 11) is 2.94. The van der Waals surface area contributed by atoms with E-state index in [4.69, 9.17) is 23.7 Å². The molecule has 206 valence electrons. The summed E-state index contributed by atoms with van der Waals surface area (Å²) in [5.41, 5.74) is 2.49. The molecule has 2 heterocycles. The van der Waals surface area contributed by atoms with Crippen LogP contribution in [0.15, 0.2) is 48.5 Å². The van der Waals surface area contributed by atoms with Crippen molar-refractivity contribution in [2.75, 3.05) is 39.4 Å². The predicted octanol–water partition coefficient (Wildman–Crippen LogP) is 5.51. The quantitative estimate of drug-likeness (QED) is 0.369. The second-order valence-electron chi connectivity index (χ2n) is 9.74. The Morgan fingerprint density at radius 2 is 1.87 bits per heavy atom. The summed E-state index contributed by atoms with van der Waals surface area (Å²) >= 11 is 0. The van der Waals surface area contributed by atoms with Crippen LogP contribution in [0.5, 0.6) is 17.2 Å². The zero-order valence-electron chi connectivity index (χ0n) is 22.2. The standard InChI is InChI=1S/C30H32FNO7/c1-18-25(35-2)15-23(27(31)28(18)36-3)21-9-8-20(32-30(29(33)34)10-12-37-13-11-30)14-19(21)16-38-26-17-39-24-7-5-4-6-22(24)26/h4-9,14-15,26,32H,10-13,16-17H2,1-3H3,(H,33,34). The first kappa shape index (κ1) is 26.8. The van der Waals surface area contributed by atoms with Gasteiger partial charge < -0.3 is 34.1 Å². The van der Waals surface area contributed by atoms with Gasteiger partial charge in [0.05, 0.1) is 20.8 Å². The fourth-order valence-electron chi connectivity index (χ4n) is 5.26. The molecule has 2 N–H and O–H groups in total. The van der Waals surface area contributed by atoms with Crippen LogP contribution in [0.2, 0.25) is 0 Å². The van der Waals surface area contributed by atoms with Gasteiger partial charge in [-0.05, 0) is 42.3 Å². The van der Waals surface area contributed by atoms with E-state index in [9.17, 15) is 9.90 Å². The van der Waals surface area contributed by atoms with Crippen LogP contribution in [0, 0.1) is 12.7 Å². The minimum atomic E-state index is -1.16. The molecular weight excluding hydrogens is 505 g/mol. The Bertz CT molecular complexity index is 1370. The first-order valence-corrected chi connectivity index (χ1v) is 12.8. The second-order valence-corrected chi connectivity index (χ2v) is 9.74. The van der Waals surface area contributed by atoms with E-state index >= 15 is 4.39 Å². The van der Waals surface area contributed by atoms with E-state index in [-0.39, 0.29) is 18.5 Å². The number of benzene rings is 3. The smallest absolute Gasteiger partial charge is 0.329 e. The molecule has 2 aliphatic rings. The molecular formula is C30H32FNO7. The molecule has 1 unspecified atom stereocenters. The van der Waals surface area contributed by atoms with Gasteiger partial charge in [0.1, 0.15) is 29.7 Å². The number of nitrogens with one attached hydrogen (secondary N) is 1. The van der Waals surface area contributed by atoms with Gasteiger partial charge in [0.25, 0.3) is 0 Å². The third-order valence-corrected chi connectivity index (χ3v) is 7.48. The number of ether oxygens (including phenoxy) is 5. The third kappa shape index (κ3) is 5.12. The highest BCUT2D eigenvalue weighted by molar-refractivity contribution is 5.83. The van der Waals surface area contributed by atoms with Crippen molar-refractivity contribution in [3.8, 4) is 28.4 Å². The van der Waals surface area contributed by atoms with Crippen LogP contribution in [0.4, 0.5) is 10.1 Å². The van der Waals surface area contributed by atoms with Crippen molar-refractivity contribution in [1.29, 1.82) is 0 Å². The van der Waals surface area contributed by atoms with Gasteiger partial charge in [0.2, 0.25) is 0 Å². The number of carbonyl (C=O) groups is 1. The number of hydrogen-bond acceptors (Lipinski definition) is 7. The van der Waals surface area contributed by atoms with Gasteiger partial charge in [-0.1, -0.05) is 24.3 Å². The lowest BCUT2D eigenvalue weighted by molar-refractivity contribution is -0.145. The van der Waals surface area contributed by atoms with E-state index < -0.39 is 17.3 Å². The lowest BCUT2D eigenvalue weighted by atomic mass is 9.89. The van der Waals surface area contributed by atoms with Crippen molar-refractivity contribution in [2.24, 2.45) is 0 Å². The van der Waals surface area contributed by atoms with Crippen LogP contribution in [-0.2, 0) is 20.9 Å². The topological polar surface area (TPSA) is 95.5 Å². The number of para-hydroxylation sites is 1. The first-order valence-electron chi connectivity index (χ1n) is 12.8. The molecule has 3 aromatic carbocycles. The number of carboxylic acids is 1. The minimum Gasteiger partial charge on any atom is -0.496 e. The van der Waals surface area contributed by atoms with E-state index in [0.717, 1.165) is 11.3 Å². The van der Waals surface area contributed by atoms with E-state index in [0.29, 0.717) is 66.4 Å².